The van der Waals surface area contributed by atoms with Gasteiger partial charge in [-0.15, -0.1) is 0 Å². The smallest absolute Gasteiger partial charge is 0.266 e. The molecule has 1 aliphatic heterocycles. The van der Waals surface area contributed by atoms with E-state index in [0.29, 0.717) is 15.3 Å². The third kappa shape index (κ3) is 2.58. The molecule has 1 amide bonds. The van der Waals surface area contributed by atoms with Crippen LogP contribution in [0.4, 0.5) is 0 Å². The molecule has 0 unspecified atom stereocenters. The summed E-state index contributed by atoms with van der Waals surface area (Å²) in [5, 5.41) is 0. The van der Waals surface area contributed by atoms with Crippen LogP contribution in [-0.2, 0) is 4.79 Å². The summed E-state index contributed by atoms with van der Waals surface area (Å²) in [6.45, 7) is 0. The Bertz CT molecular complexity index is 536. The summed E-state index contributed by atoms with van der Waals surface area (Å²) in [5.74, 6) is 0.0487. The number of carbonyl (C=O) groups is 1. The van der Waals surface area contributed by atoms with Crippen LogP contribution in [0.2, 0.25) is 0 Å². The standard InChI is InChI=1S/C14H14N2OS2/c17-13-12(9-10-5-3-4-8-15-10)19-14(18)16(13)11-6-1-2-7-11/h3-5,8-9,11H,1-2,6-7H2/b12-9-. The number of rotatable bonds is 2. The van der Waals surface area contributed by atoms with Gasteiger partial charge >= 0.3 is 0 Å². The van der Waals surface area contributed by atoms with E-state index in [9.17, 15) is 4.79 Å². The molecule has 3 rings (SSSR count). The third-order valence-corrected chi connectivity index (χ3v) is 4.81. The number of carbonyl (C=O) groups excluding carboxylic acids is 1. The minimum absolute atomic E-state index is 0.0487. The van der Waals surface area contributed by atoms with Gasteiger partial charge in [-0.3, -0.25) is 14.7 Å². The van der Waals surface area contributed by atoms with Gasteiger partial charge in [0.05, 0.1) is 10.6 Å². The monoisotopic (exact) mass is 290 g/mol. The summed E-state index contributed by atoms with van der Waals surface area (Å²) in [6, 6.07) is 5.97. The summed E-state index contributed by atoms with van der Waals surface area (Å²) in [4.78, 5) is 19.1. The van der Waals surface area contributed by atoms with Crippen LogP contribution in [0.3, 0.4) is 0 Å². The SMILES string of the molecule is O=C1/C(=C/c2ccccn2)SC(=S)N1C1CCCC1. The molecule has 19 heavy (non-hydrogen) atoms. The molecule has 3 nitrogen and oxygen atoms in total. The van der Waals surface area contributed by atoms with Gasteiger partial charge in [-0.1, -0.05) is 42.9 Å². The fourth-order valence-electron chi connectivity index (χ4n) is 2.55. The Labute approximate surface area is 122 Å². The lowest BCUT2D eigenvalue weighted by atomic mass is 10.2. The molecule has 2 aliphatic rings. The Morgan fingerprint density at radius 2 is 2.16 bits per heavy atom. The first kappa shape index (κ1) is 12.8. The predicted molar refractivity (Wildman–Crippen MR) is 81.5 cm³/mol. The van der Waals surface area contributed by atoms with E-state index in [1.165, 1.54) is 24.6 Å². The Balaban J connectivity index is 1.84. The highest BCUT2D eigenvalue weighted by atomic mass is 32.2. The Morgan fingerprint density at radius 1 is 1.37 bits per heavy atom. The van der Waals surface area contributed by atoms with Crippen LogP contribution in [0, 0.1) is 0 Å². The predicted octanol–water partition coefficient (Wildman–Crippen LogP) is 3.23. The van der Waals surface area contributed by atoms with Gasteiger partial charge in [0.15, 0.2) is 0 Å². The van der Waals surface area contributed by atoms with Crippen molar-refractivity contribution >= 4 is 40.3 Å². The molecule has 0 radical (unpaired) electrons. The van der Waals surface area contributed by atoms with Crippen LogP contribution in [0.1, 0.15) is 31.4 Å². The lowest BCUT2D eigenvalue weighted by Crippen LogP contribution is -2.36. The molecule has 0 N–H and O–H groups in total. The van der Waals surface area contributed by atoms with Gasteiger partial charge in [-0.2, -0.15) is 0 Å². The lowest BCUT2D eigenvalue weighted by molar-refractivity contribution is -0.123. The number of aromatic nitrogens is 1. The van der Waals surface area contributed by atoms with E-state index in [1.54, 1.807) is 6.20 Å². The molecule has 2 heterocycles. The average molecular weight is 290 g/mol. The normalized spacial score (nSPS) is 22.7. The van der Waals surface area contributed by atoms with Crippen molar-refractivity contribution in [2.24, 2.45) is 0 Å². The molecule has 2 fully saturated rings. The zero-order chi connectivity index (χ0) is 13.2. The van der Waals surface area contributed by atoms with E-state index in [2.05, 4.69) is 4.98 Å². The van der Waals surface area contributed by atoms with Crippen molar-refractivity contribution in [3.8, 4) is 0 Å². The number of hydrogen-bond acceptors (Lipinski definition) is 4. The third-order valence-electron chi connectivity index (χ3n) is 3.48. The average Bonchev–Trinajstić information content (AvgIpc) is 3.01. The van der Waals surface area contributed by atoms with Crippen LogP contribution in [0.15, 0.2) is 29.3 Å². The summed E-state index contributed by atoms with van der Waals surface area (Å²) in [7, 11) is 0. The highest BCUT2D eigenvalue weighted by Gasteiger charge is 2.38. The van der Waals surface area contributed by atoms with E-state index < -0.39 is 0 Å². The molecule has 0 aromatic carbocycles. The molecule has 1 aromatic rings. The van der Waals surface area contributed by atoms with Crippen LogP contribution in [-0.4, -0.2) is 26.2 Å². The number of hydrogen-bond donors (Lipinski definition) is 0. The minimum atomic E-state index is 0.0487. The van der Waals surface area contributed by atoms with Crippen molar-refractivity contribution in [2.75, 3.05) is 0 Å². The topological polar surface area (TPSA) is 33.2 Å². The molecule has 0 bridgehead atoms. The molecule has 5 heteroatoms. The lowest BCUT2D eigenvalue weighted by Gasteiger charge is -2.21. The zero-order valence-electron chi connectivity index (χ0n) is 10.4. The summed E-state index contributed by atoms with van der Waals surface area (Å²) >= 11 is 6.75. The molecular weight excluding hydrogens is 276 g/mol. The first-order valence-corrected chi connectivity index (χ1v) is 7.66. The van der Waals surface area contributed by atoms with Gasteiger partial charge in [-0.25, -0.2) is 0 Å². The van der Waals surface area contributed by atoms with Crippen molar-refractivity contribution in [1.29, 1.82) is 0 Å². The minimum Gasteiger partial charge on any atom is -0.290 e. The Morgan fingerprint density at radius 3 is 2.84 bits per heavy atom. The summed E-state index contributed by atoms with van der Waals surface area (Å²) in [6.07, 6.45) is 8.09. The van der Waals surface area contributed by atoms with Gasteiger partial charge < -0.3 is 0 Å². The highest BCUT2D eigenvalue weighted by molar-refractivity contribution is 8.26. The van der Waals surface area contributed by atoms with E-state index in [-0.39, 0.29) is 5.91 Å². The Kier molecular flexibility index (Phi) is 3.66. The molecular formula is C14H14N2OS2. The fraction of sp³-hybridized carbons (Fsp3) is 0.357. The molecule has 1 saturated carbocycles. The van der Waals surface area contributed by atoms with Crippen molar-refractivity contribution in [2.45, 2.75) is 31.7 Å². The maximum absolute atomic E-state index is 12.4. The van der Waals surface area contributed by atoms with E-state index >= 15 is 0 Å². The maximum Gasteiger partial charge on any atom is 0.266 e. The molecule has 1 aliphatic carbocycles. The van der Waals surface area contributed by atoms with Gasteiger partial charge in [0.2, 0.25) is 0 Å². The van der Waals surface area contributed by atoms with Gasteiger partial charge in [0, 0.05) is 12.2 Å². The first-order valence-electron chi connectivity index (χ1n) is 6.44. The summed E-state index contributed by atoms with van der Waals surface area (Å²) in [5.41, 5.74) is 0.800. The van der Waals surface area contributed by atoms with Crippen molar-refractivity contribution in [1.82, 2.24) is 9.88 Å². The molecule has 1 saturated heterocycles. The van der Waals surface area contributed by atoms with Crippen LogP contribution in [0.25, 0.3) is 6.08 Å². The van der Waals surface area contributed by atoms with E-state index in [4.69, 9.17) is 12.2 Å². The highest BCUT2D eigenvalue weighted by Crippen LogP contribution is 2.37. The van der Waals surface area contributed by atoms with Gasteiger partial charge in [0.1, 0.15) is 4.32 Å². The summed E-state index contributed by atoms with van der Waals surface area (Å²) < 4.78 is 0.694. The second-order valence-corrected chi connectivity index (χ2v) is 6.42. The molecule has 1 aromatic heterocycles. The van der Waals surface area contributed by atoms with Crippen molar-refractivity contribution in [3.05, 3.63) is 35.0 Å². The number of thioether (sulfide) groups is 1. The van der Waals surface area contributed by atoms with Crippen molar-refractivity contribution < 1.29 is 4.79 Å². The quantitative estimate of drug-likeness (QED) is 0.618. The molecule has 0 atom stereocenters. The number of amides is 1. The largest absolute Gasteiger partial charge is 0.290 e. The van der Waals surface area contributed by atoms with Crippen LogP contribution >= 0.6 is 24.0 Å². The Hall–Kier alpha value is -1.20. The number of nitrogens with zero attached hydrogens (tertiary/aromatic N) is 2. The number of thiocarbonyl (C=S) groups is 1. The van der Waals surface area contributed by atoms with Gasteiger partial charge in [0.25, 0.3) is 5.91 Å². The van der Waals surface area contributed by atoms with Crippen LogP contribution in [0.5, 0.6) is 0 Å². The molecule has 98 valence electrons. The second kappa shape index (κ2) is 5.43. The maximum atomic E-state index is 12.4. The fourth-order valence-corrected chi connectivity index (χ4v) is 3.94. The number of pyridine rings is 1. The first-order chi connectivity index (χ1) is 9.25. The molecule has 0 spiro atoms. The van der Waals surface area contributed by atoms with E-state index in [0.717, 1.165) is 18.5 Å². The van der Waals surface area contributed by atoms with E-state index in [1.807, 2.05) is 29.2 Å². The second-order valence-electron chi connectivity index (χ2n) is 4.74. The van der Waals surface area contributed by atoms with Crippen molar-refractivity contribution in [3.63, 3.8) is 0 Å². The zero-order valence-corrected chi connectivity index (χ0v) is 12.0. The van der Waals surface area contributed by atoms with Gasteiger partial charge in [-0.05, 0) is 31.1 Å². The van der Waals surface area contributed by atoms with Crippen LogP contribution < -0.4 is 0 Å².